The van der Waals surface area contributed by atoms with Crippen molar-refractivity contribution in [2.45, 2.75) is 64.4 Å². The summed E-state index contributed by atoms with van der Waals surface area (Å²) in [4.78, 5) is 22.9. The second kappa shape index (κ2) is 11.8. The van der Waals surface area contributed by atoms with Crippen molar-refractivity contribution < 1.29 is 39.1 Å². The molecule has 0 aliphatic heterocycles. The lowest BCUT2D eigenvalue weighted by Gasteiger charge is -2.20. The van der Waals surface area contributed by atoms with Crippen LogP contribution in [0.25, 0.3) is 0 Å². The van der Waals surface area contributed by atoms with E-state index in [1.54, 1.807) is 0 Å². The van der Waals surface area contributed by atoms with Crippen molar-refractivity contribution in [2.75, 3.05) is 13.2 Å². The standard InChI is InChI=1S/C15H27NO8/c1-9(17)4-13(16)24-12(7-22-14(20)5-10(2)18)8-23-15(21)6-11(3)19/h9-12,16-19H,4-8H2,1-3H3/t9-,10-,11?,12?/m1/s1. The van der Waals surface area contributed by atoms with Crippen molar-refractivity contribution in [3.05, 3.63) is 0 Å². The molecule has 0 aromatic carbocycles. The third-order valence-electron chi connectivity index (χ3n) is 2.57. The summed E-state index contributed by atoms with van der Waals surface area (Å²) in [6.45, 7) is 3.79. The van der Waals surface area contributed by atoms with Crippen LogP contribution in [0.3, 0.4) is 0 Å². The SMILES string of the molecule is CC(O)CC(=O)OCC(COC(=O)C[C@@H](C)O)OC(=N)C[C@@H](C)O. The van der Waals surface area contributed by atoms with Gasteiger partial charge in [0.25, 0.3) is 0 Å². The first-order valence-electron chi connectivity index (χ1n) is 7.69. The molecule has 0 aliphatic carbocycles. The summed E-state index contributed by atoms with van der Waals surface area (Å²) >= 11 is 0. The van der Waals surface area contributed by atoms with Crippen LogP contribution in [0.1, 0.15) is 40.0 Å². The van der Waals surface area contributed by atoms with Crippen LogP contribution in [0.15, 0.2) is 0 Å². The van der Waals surface area contributed by atoms with Gasteiger partial charge in [0, 0.05) is 6.42 Å². The number of nitrogens with one attached hydrogen (secondary N) is 1. The van der Waals surface area contributed by atoms with E-state index in [4.69, 9.17) is 29.8 Å². The summed E-state index contributed by atoms with van der Waals surface area (Å²) in [5.74, 6) is -1.56. The zero-order valence-corrected chi connectivity index (χ0v) is 14.2. The first-order valence-corrected chi connectivity index (χ1v) is 7.69. The third-order valence-corrected chi connectivity index (χ3v) is 2.57. The van der Waals surface area contributed by atoms with E-state index in [-0.39, 0.29) is 38.4 Å². The number of aliphatic hydroxyl groups excluding tert-OH is 3. The summed E-state index contributed by atoms with van der Waals surface area (Å²) in [7, 11) is 0. The maximum atomic E-state index is 11.4. The zero-order chi connectivity index (χ0) is 18.7. The molecule has 0 saturated heterocycles. The molecule has 0 aromatic rings. The Morgan fingerprint density at radius 2 is 1.21 bits per heavy atom. The molecule has 0 heterocycles. The average Bonchev–Trinajstić information content (AvgIpc) is 2.39. The third kappa shape index (κ3) is 12.8. The van der Waals surface area contributed by atoms with Gasteiger partial charge in [0.1, 0.15) is 13.2 Å². The van der Waals surface area contributed by atoms with Crippen molar-refractivity contribution >= 4 is 17.8 Å². The molecule has 140 valence electrons. The van der Waals surface area contributed by atoms with Crippen LogP contribution in [-0.4, -0.2) is 70.8 Å². The number of ether oxygens (including phenoxy) is 3. The Kier molecular flexibility index (Phi) is 10.9. The van der Waals surface area contributed by atoms with Gasteiger partial charge in [-0.3, -0.25) is 15.0 Å². The number of rotatable bonds is 11. The van der Waals surface area contributed by atoms with Crippen molar-refractivity contribution in [1.29, 1.82) is 5.41 Å². The van der Waals surface area contributed by atoms with Gasteiger partial charge in [-0.2, -0.15) is 0 Å². The van der Waals surface area contributed by atoms with Crippen LogP contribution in [0, 0.1) is 5.41 Å². The van der Waals surface area contributed by atoms with E-state index in [1.807, 2.05) is 0 Å². The lowest BCUT2D eigenvalue weighted by atomic mass is 10.3. The predicted octanol–water partition coefficient (Wildman–Crippen LogP) is -0.252. The fraction of sp³-hybridized carbons (Fsp3) is 0.800. The molecule has 0 saturated carbocycles. The van der Waals surface area contributed by atoms with Crippen LogP contribution in [0.4, 0.5) is 0 Å². The van der Waals surface area contributed by atoms with Crippen molar-refractivity contribution in [3.63, 3.8) is 0 Å². The second-order valence-electron chi connectivity index (χ2n) is 5.69. The first-order chi connectivity index (χ1) is 11.1. The van der Waals surface area contributed by atoms with E-state index in [2.05, 4.69) is 0 Å². The summed E-state index contributed by atoms with van der Waals surface area (Å²) in [6, 6.07) is 0. The fourth-order valence-corrected chi connectivity index (χ4v) is 1.61. The van der Waals surface area contributed by atoms with E-state index < -0.39 is 36.4 Å². The van der Waals surface area contributed by atoms with Gasteiger partial charge in [0.15, 0.2) is 12.0 Å². The number of hydrogen-bond acceptors (Lipinski definition) is 9. The van der Waals surface area contributed by atoms with Crippen LogP contribution in [0.2, 0.25) is 0 Å². The number of carbonyl (C=O) groups excluding carboxylic acids is 2. The molecule has 0 fully saturated rings. The molecular formula is C15H27NO8. The quantitative estimate of drug-likeness (QED) is 0.227. The Balaban J connectivity index is 4.50. The molecule has 24 heavy (non-hydrogen) atoms. The molecule has 0 radical (unpaired) electrons. The molecule has 9 nitrogen and oxygen atoms in total. The van der Waals surface area contributed by atoms with Gasteiger partial charge >= 0.3 is 11.9 Å². The van der Waals surface area contributed by atoms with Gasteiger partial charge in [0.05, 0.1) is 31.2 Å². The van der Waals surface area contributed by atoms with Crippen LogP contribution in [-0.2, 0) is 23.8 Å². The van der Waals surface area contributed by atoms with Crippen molar-refractivity contribution in [3.8, 4) is 0 Å². The fourth-order valence-electron chi connectivity index (χ4n) is 1.61. The Morgan fingerprint density at radius 3 is 1.54 bits per heavy atom. The van der Waals surface area contributed by atoms with Gasteiger partial charge in [0.2, 0.25) is 0 Å². The minimum Gasteiger partial charge on any atom is -0.471 e. The molecule has 0 rings (SSSR count). The molecule has 4 atom stereocenters. The highest BCUT2D eigenvalue weighted by Gasteiger charge is 2.19. The summed E-state index contributed by atoms with van der Waals surface area (Å²) in [6.07, 6.45) is -3.84. The maximum absolute atomic E-state index is 11.4. The smallest absolute Gasteiger partial charge is 0.308 e. The van der Waals surface area contributed by atoms with Gasteiger partial charge in [-0.05, 0) is 20.8 Å². The molecule has 4 N–H and O–H groups in total. The highest BCUT2D eigenvalue weighted by atomic mass is 16.6. The maximum Gasteiger partial charge on any atom is 0.308 e. The van der Waals surface area contributed by atoms with E-state index >= 15 is 0 Å². The lowest BCUT2D eigenvalue weighted by molar-refractivity contribution is -0.153. The zero-order valence-electron chi connectivity index (χ0n) is 14.2. The Labute approximate surface area is 141 Å². The summed E-state index contributed by atoms with van der Waals surface area (Å²) in [5.41, 5.74) is 0. The molecule has 2 unspecified atom stereocenters. The van der Waals surface area contributed by atoms with Gasteiger partial charge in [-0.1, -0.05) is 0 Å². The van der Waals surface area contributed by atoms with E-state index in [9.17, 15) is 14.7 Å². The van der Waals surface area contributed by atoms with Gasteiger partial charge in [-0.15, -0.1) is 0 Å². The Morgan fingerprint density at radius 1 is 0.833 bits per heavy atom. The highest BCUT2D eigenvalue weighted by molar-refractivity contribution is 5.73. The number of aliphatic hydroxyl groups is 3. The van der Waals surface area contributed by atoms with Gasteiger partial charge in [-0.25, -0.2) is 0 Å². The topological polar surface area (TPSA) is 146 Å². The van der Waals surface area contributed by atoms with Crippen molar-refractivity contribution in [2.24, 2.45) is 0 Å². The Hall–Kier alpha value is -1.71. The number of hydrogen-bond donors (Lipinski definition) is 4. The average molecular weight is 349 g/mol. The van der Waals surface area contributed by atoms with Crippen LogP contribution in [0.5, 0.6) is 0 Å². The molecule has 0 bridgehead atoms. The molecule has 0 amide bonds. The predicted molar refractivity (Wildman–Crippen MR) is 83.4 cm³/mol. The number of carbonyl (C=O) groups is 2. The largest absolute Gasteiger partial charge is 0.471 e. The van der Waals surface area contributed by atoms with E-state index in [0.29, 0.717) is 0 Å². The molecular weight excluding hydrogens is 322 g/mol. The first kappa shape index (κ1) is 22.3. The molecule has 0 aliphatic rings. The molecule has 9 heteroatoms. The molecule has 0 spiro atoms. The highest BCUT2D eigenvalue weighted by Crippen LogP contribution is 2.04. The summed E-state index contributed by atoms with van der Waals surface area (Å²) < 4.78 is 15.0. The van der Waals surface area contributed by atoms with Crippen LogP contribution < -0.4 is 0 Å². The minimum atomic E-state index is -0.924. The monoisotopic (exact) mass is 349 g/mol. The number of esters is 2. The normalized spacial score (nSPS) is 15.8. The van der Waals surface area contributed by atoms with E-state index in [1.165, 1.54) is 20.8 Å². The molecule has 0 aromatic heterocycles. The van der Waals surface area contributed by atoms with Crippen molar-refractivity contribution in [1.82, 2.24) is 0 Å². The second-order valence-corrected chi connectivity index (χ2v) is 5.69. The lowest BCUT2D eigenvalue weighted by Crippen LogP contribution is -2.32. The van der Waals surface area contributed by atoms with Crippen LogP contribution >= 0.6 is 0 Å². The minimum absolute atomic E-state index is 0.0419. The summed E-state index contributed by atoms with van der Waals surface area (Å²) in [5, 5.41) is 35.0. The van der Waals surface area contributed by atoms with Gasteiger partial charge < -0.3 is 29.5 Å². The van der Waals surface area contributed by atoms with E-state index in [0.717, 1.165) is 0 Å². The Bertz CT molecular complexity index is 382.